The molecule has 0 fully saturated rings. The van der Waals surface area contributed by atoms with Crippen molar-refractivity contribution in [3.63, 3.8) is 0 Å². The molecule has 0 saturated carbocycles. The summed E-state index contributed by atoms with van der Waals surface area (Å²) in [5, 5.41) is 0. The van der Waals surface area contributed by atoms with E-state index >= 15 is 0 Å². The van der Waals surface area contributed by atoms with Crippen LogP contribution in [0.4, 0.5) is 0 Å². The van der Waals surface area contributed by atoms with Gasteiger partial charge in [0.05, 0.1) is 11.8 Å². The molecule has 0 rings (SSSR count). The van der Waals surface area contributed by atoms with Crippen molar-refractivity contribution in [3.8, 4) is 0 Å². The van der Waals surface area contributed by atoms with Crippen LogP contribution in [-0.4, -0.2) is 48.8 Å². The number of hydrogen-bond donors (Lipinski definition) is 0. The predicted octanol–water partition coefficient (Wildman–Crippen LogP) is 4.55. The molecule has 0 saturated heterocycles. The van der Waals surface area contributed by atoms with Gasteiger partial charge in [-0.2, -0.15) is 0 Å². The number of esters is 4. The predicted molar refractivity (Wildman–Crippen MR) is 120 cm³/mol. The molecule has 0 radical (unpaired) electrons. The highest BCUT2D eigenvalue weighted by atomic mass is 35.5. The summed E-state index contributed by atoms with van der Waals surface area (Å²) in [4.78, 5) is 45.9. The smallest absolute Gasteiger partial charge is 0.310 e. The topological polar surface area (TPSA) is 105 Å². The molecular formula is C23H39ClO8. The minimum Gasteiger partial charge on any atom is -0.462 e. The van der Waals surface area contributed by atoms with Crippen LogP contribution >= 0.6 is 11.6 Å². The zero-order valence-electron chi connectivity index (χ0n) is 20.0. The van der Waals surface area contributed by atoms with Crippen molar-refractivity contribution < 1.29 is 38.1 Å². The lowest BCUT2D eigenvalue weighted by atomic mass is 10.00. The van der Waals surface area contributed by atoms with E-state index in [0.717, 1.165) is 44.9 Å². The van der Waals surface area contributed by atoms with Gasteiger partial charge in [0, 0.05) is 13.8 Å². The van der Waals surface area contributed by atoms with Crippen molar-refractivity contribution in [2.24, 2.45) is 11.8 Å². The first-order valence-electron chi connectivity index (χ1n) is 11.3. The Hall–Kier alpha value is -1.83. The molecular weight excluding hydrogens is 440 g/mol. The Bertz CT molecular complexity index is 560. The molecule has 0 aromatic rings. The van der Waals surface area contributed by atoms with E-state index < -0.39 is 29.6 Å². The van der Waals surface area contributed by atoms with E-state index in [2.05, 4.69) is 0 Å². The minimum atomic E-state index is -0.815. The number of halogens is 1. The van der Waals surface area contributed by atoms with E-state index in [0.29, 0.717) is 6.42 Å². The molecule has 0 amide bonds. The lowest BCUT2D eigenvalue weighted by molar-refractivity contribution is -0.168. The highest BCUT2D eigenvalue weighted by Crippen LogP contribution is 2.17. The number of hydrogen-bond acceptors (Lipinski definition) is 8. The molecule has 186 valence electrons. The highest BCUT2D eigenvalue weighted by molar-refractivity contribution is 6.19. The summed E-state index contributed by atoms with van der Waals surface area (Å²) in [5.41, 5.74) is -0.599. The van der Waals surface area contributed by atoms with E-state index in [4.69, 9.17) is 30.5 Å². The van der Waals surface area contributed by atoms with Crippen molar-refractivity contribution >= 4 is 35.5 Å². The van der Waals surface area contributed by atoms with E-state index in [1.807, 2.05) is 6.92 Å². The SMILES string of the molecule is CC(=O)OCC(COC(C)=O)OC(=O)C(C)CCCCCCCCC(C)C(=O)OC(C)Cl. The van der Waals surface area contributed by atoms with Crippen LogP contribution < -0.4 is 0 Å². The maximum Gasteiger partial charge on any atom is 0.310 e. The fourth-order valence-electron chi connectivity index (χ4n) is 2.94. The molecule has 0 aliphatic rings. The number of alkyl halides is 1. The van der Waals surface area contributed by atoms with Gasteiger partial charge in [-0.05, 0) is 19.8 Å². The van der Waals surface area contributed by atoms with E-state index in [9.17, 15) is 19.2 Å². The Morgan fingerprint density at radius 1 is 0.656 bits per heavy atom. The van der Waals surface area contributed by atoms with Crippen LogP contribution in [0, 0.1) is 11.8 Å². The van der Waals surface area contributed by atoms with Crippen LogP contribution in [0.15, 0.2) is 0 Å². The van der Waals surface area contributed by atoms with Gasteiger partial charge in [-0.15, -0.1) is 0 Å². The van der Waals surface area contributed by atoms with Gasteiger partial charge < -0.3 is 18.9 Å². The first-order valence-corrected chi connectivity index (χ1v) is 11.8. The molecule has 32 heavy (non-hydrogen) atoms. The molecule has 0 heterocycles. The molecule has 9 heteroatoms. The van der Waals surface area contributed by atoms with Gasteiger partial charge in [-0.25, -0.2) is 0 Å². The van der Waals surface area contributed by atoms with Gasteiger partial charge in [0.2, 0.25) is 0 Å². The Kier molecular flexibility index (Phi) is 16.7. The van der Waals surface area contributed by atoms with E-state index in [1.165, 1.54) is 13.8 Å². The average molecular weight is 479 g/mol. The quantitative estimate of drug-likeness (QED) is 0.130. The number of carbonyl (C=O) groups excluding carboxylic acids is 4. The number of carbonyl (C=O) groups is 4. The second-order valence-corrected chi connectivity index (χ2v) is 8.76. The average Bonchev–Trinajstić information content (AvgIpc) is 2.70. The Morgan fingerprint density at radius 3 is 1.41 bits per heavy atom. The van der Waals surface area contributed by atoms with Crippen molar-refractivity contribution in [1.29, 1.82) is 0 Å². The zero-order valence-corrected chi connectivity index (χ0v) is 20.8. The van der Waals surface area contributed by atoms with Crippen molar-refractivity contribution in [2.75, 3.05) is 13.2 Å². The van der Waals surface area contributed by atoms with Gasteiger partial charge in [-0.1, -0.05) is 64.0 Å². The van der Waals surface area contributed by atoms with Crippen molar-refractivity contribution in [1.82, 2.24) is 0 Å². The third-order valence-electron chi connectivity index (χ3n) is 4.84. The molecule has 0 bridgehead atoms. The first-order chi connectivity index (χ1) is 15.0. The maximum absolute atomic E-state index is 12.3. The molecule has 3 atom stereocenters. The molecule has 0 aromatic heterocycles. The number of unbranched alkanes of at least 4 members (excludes halogenated alkanes) is 5. The van der Waals surface area contributed by atoms with Crippen LogP contribution in [0.5, 0.6) is 0 Å². The summed E-state index contributed by atoms with van der Waals surface area (Å²) in [6.45, 7) is 7.47. The normalized spacial score (nSPS) is 13.7. The molecule has 0 aliphatic carbocycles. The molecule has 0 N–H and O–H groups in total. The van der Waals surface area contributed by atoms with Crippen LogP contribution in [0.1, 0.15) is 86.0 Å². The fraction of sp³-hybridized carbons (Fsp3) is 0.826. The molecule has 0 aromatic carbocycles. The maximum atomic E-state index is 12.3. The second-order valence-electron chi connectivity index (χ2n) is 8.14. The van der Waals surface area contributed by atoms with Gasteiger partial charge in [0.25, 0.3) is 0 Å². The van der Waals surface area contributed by atoms with Crippen molar-refractivity contribution in [3.05, 3.63) is 0 Å². The standard InChI is InChI=1S/C23H39ClO8/c1-16(22(27)31-18(3)24)12-10-8-6-7-9-11-13-17(2)23(28)32-21(14-29-19(4)25)15-30-20(5)26/h16-18,21H,6-15H2,1-5H3. The lowest BCUT2D eigenvalue weighted by Gasteiger charge is -2.19. The monoisotopic (exact) mass is 478 g/mol. The second kappa shape index (κ2) is 17.7. The Balaban J connectivity index is 3.99. The fourth-order valence-corrected chi connectivity index (χ4v) is 3.03. The zero-order chi connectivity index (χ0) is 24.5. The van der Waals surface area contributed by atoms with Crippen molar-refractivity contribution in [2.45, 2.75) is 97.7 Å². The number of rotatable bonds is 17. The lowest BCUT2D eigenvalue weighted by Crippen LogP contribution is -2.32. The summed E-state index contributed by atoms with van der Waals surface area (Å²) in [7, 11) is 0. The van der Waals surface area contributed by atoms with Crippen LogP contribution in [0.2, 0.25) is 0 Å². The largest absolute Gasteiger partial charge is 0.462 e. The van der Waals surface area contributed by atoms with Crippen LogP contribution in [-0.2, 0) is 38.1 Å². The summed E-state index contributed by atoms with van der Waals surface area (Å²) >= 11 is 5.66. The first kappa shape index (κ1) is 30.2. The molecule has 3 unspecified atom stereocenters. The Morgan fingerprint density at radius 2 is 1.03 bits per heavy atom. The summed E-state index contributed by atoms with van der Waals surface area (Å²) in [5.74, 6) is -2.10. The Labute approximate surface area is 196 Å². The molecule has 8 nitrogen and oxygen atoms in total. The highest BCUT2D eigenvalue weighted by Gasteiger charge is 2.22. The number of ether oxygens (including phenoxy) is 4. The van der Waals surface area contributed by atoms with Gasteiger partial charge in [0.15, 0.2) is 11.7 Å². The minimum absolute atomic E-state index is 0.145. The van der Waals surface area contributed by atoms with Gasteiger partial charge in [-0.3, -0.25) is 19.2 Å². The third kappa shape index (κ3) is 16.8. The summed E-state index contributed by atoms with van der Waals surface area (Å²) in [6.07, 6.45) is 6.68. The molecule has 0 aliphatic heterocycles. The molecule has 0 spiro atoms. The van der Waals surface area contributed by atoms with E-state index in [1.54, 1.807) is 13.8 Å². The summed E-state index contributed by atoms with van der Waals surface area (Å²) in [6, 6.07) is 0. The summed E-state index contributed by atoms with van der Waals surface area (Å²) < 4.78 is 20.1. The van der Waals surface area contributed by atoms with Gasteiger partial charge in [0.1, 0.15) is 13.2 Å². The third-order valence-corrected chi connectivity index (χ3v) is 4.92. The van der Waals surface area contributed by atoms with Gasteiger partial charge >= 0.3 is 23.9 Å². The van der Waals surface area contributed by atoms with E-state index in [-0.39, 0.29) is 31.0 Å². The van der Waals surface area contributed by atoms with Crippen LogP contribution in [0.3, 0.4) is 0 Å². The van der Waals surface area contributed by atoms with Crippen LogP contribution in [0.25, 0.3) is 0 Å².